The fraction of sp³-hybridized carbons (Fsp3) is 0.105. The molecule has 0 radical (unpaired) electrons. The number of hydrogen-bond donors (Lipinski definition) is 1. The summed E-state index contributed by atoms with van der Waals surface area (Å²) in [5, 5.41) is 0.881. The van der Waals surface area contributed by atoms with Gasteiger partial charge in [0.25, 0.3) is 5.91 Å². The van der Waals surface area contributed by atoms with Gasteiger partial charge in [-0.05, 0) is 30.3 Å². The first-order valence-corrected chi connectivity index (χ1v) is 8.82. The molecule has 0 aliphatic carbocycles. The highest BCUT2D eigenvalue weighted by atomic mass is 35.5. The summed E-state index contributed by atoms with van der Waals surface area (Å²) in [6, 6.07) is 4.58. The molecule has 0 fully saturated rings. The first kappa shape index (κ1) is 23.1. The van der Waals surface area contributed by atoms with E-state index >= 15 is 0 Å². The van der Waals surface area contributed by atoms with Gasteiger partial charge in [0.1, 0.15) is 29.1 Å². The van der Waals surface area contributed by atoms with Crippen molar-refractivity contribution < 1.29 is 40.6 Å². The van der Waals surface area contributed by atoms with Crippen molar-refractivity contribution in [2.75, 3.05) is 5.32 Å². The number of halogens is 7. The van der Waals surface area contributed by atoms with E-state index in [1.807, 2.05) is 0 Å². The minimum absolute atomic E-state index is 0.0207. The van der Waals surface area contributed by atoms with E-state index in [9.17, 15) is 31.1 Å². The van der Waals surface area contributed by atoms with Crippen molar-refractivity contribution in [2.24, 2.45) is 0 Å². The number of nitrogens with one attached hydrogen (secondary N) is 1. The second-order valence-corrected chi connectivity index (χ2v) is 6.33. The van der Waals surface area contributed by atoms with E-state index in [1.165, 1.54) is 0 Å². The number of carbonyl (C=O) groups excluding carboxylic acids is 1. The van der Waals surface area contributed by atoms with Gasteiger partial charge in [0.15, 0.2) is 5.82 Å². The Bertz CT molecular complexity index is 1110. The van der Waals surface area contributed by atoms with Crippen molar-refractivity contribution in [3.8, 4) is 17.2 Å². The zero-order chi connectivity index (χ0) is 23.5. The predicted octanol–water partition coefficient (Wildman–Crippen LogP) is 5.93. The van der Waals surface area contributed by atoms with Crippen LogP contribution in [0.2, 0.25) is 5.02 Å². The van der Waals surface area contributed by atoms with Crippen molar-refractivity contribution in [3.05, 3.63) is 71.0 Å². The van der Waals surface area contributed by atoms with Gasteiger partial charge < -0.3 is 14.8 Å². The smallest absolute Gasteiger partial charge is 0.418 e. The molecule has 0 atom stereocenters. The SMILES string of the molecule is O=C(Nc1cncnc1)c1c(Oc2ccc(OC(F)F)cc2)cc(C(F)(F)F)c(Cl)c1F. The van der Waals surface area contributed by atoms with Crippen LogP contribution in [0.25, 0.3) is 0 Å². The number of carbonyl (C=O) groups is 1. The Labute approximate surface area is 180 Å². The van der Waals surface area contributed by atoms with Crippen LogP contribution in [0, 0.1) is 5.82 Å². The maximum Gasteiger partial charge on any atom is 0.418 e. The first-order valence-electron chi connectivity index (χ1n) is 8.44. The number of benzene rings is 2. The maximum atomic E-state index is 14.8. The molecule has 0 saturated heterocycles. The molecule has 0 spiro atoms. The summed E-state index contributed by atoms with van der Waals surface area (Å²) in [6.45, 7) is -3.10. The van der Waals surface area contributed by atoms with E-state index in [2.05, 4.69) is 20.0 Å². The molecule has 13 heteroatoms. The van der Waals surface area contributed by atoms with Gasteiger partial charge in [-0.25, -0.2) is 14.4 Å². The molecule has 2 aromatic carbocycles. The highest BCUT2D eigenvalue weighted by Gasteiger charge is 2.38. The molecule has 1 N–H and O–H groups in total. The van der Waals surface area contributed by atoms with Crippen LogP contribution >= 0.6 is 11.6 Å². The lowest BCUT2D eigenvalue weighted by Gasteiger charge is -2.17. The van der Waals surface area contributed by atoms with Gasteiger partial charge in [-0.15, -0.1) is 0 Å². The van der Waals surface area contributed by atoms with Gasteiger partial charge in [0.2, 0.25) is 0 Å². The second-order valence-electron chi connectivity index (χ2n) is 5.96. The van der Waals surface area contributed by atoms with Gasteiger partial charge in [0.05, 0.1) is 28.7 Å². The number of amides is 1. The summed E-state index contributed by atoms with van der Waals surface area (Å²) in [7, 11) is 0. The quantitative estimate of drug-likeness (QED) is 0.445. The molecule has 6 nitrogen and oxygen atoms in total. The molecule has 0 bridgehead atoms. The summed E-state index contributed by atoms with van der Waals surface area (Å²) < 4.78 is 88.6. The van der Waals surface area contributed by atoms with Gasteiger partial charge in [-0.1, -0.05) is 11.6 Å². The molecule has 1 amide bonds. The Balaban J connectivity index is 2.03. The molecule has 1 heterocycles. The summed E-state index contributed by atoms with van der Waals surface area (Å²) in [4.78, 5) is 19.9. The van der Waals surface area contributed by atoms with Crippen LogP contribution in [-0.4, -0.2) is 22.5 Å². The standard InChI is InChI=1S/C19H10ClF6N3O3/c20-15-12(19(24,25)26)5-13(31-10-1-3-11(4-2-10)32-18(22)23)14(16(15)21)17(30)29-9-6-27-8-28-7-9/h1-8,18H,(H,29,30). The van der Waals surface area contributed by atoms with Crippen LogP contribution in [0.4, 0.5) is 32.0 Å². The van der Waals surface area contributed by atoms with Crippen LogP contribution in [0.1, 0.15) is 15.9 Å². The zero-order valence-corrected chi connectivity index (χ0v) is 16.2. The van der Waals surface area contributed by atoms with Crippen LogP contribution in [0.3, 0.4) is 0 Å². The largest absolute Gasteiger partial charge is 0.456 e. The number of hydrogen-bond acceptors (Lipinski definition) is 5. The summed E-state index contributed by atoms with van der Waals surface area (Å²) in [5.74, 6) is -4.15. The van der Waals surface area contributed by atoms with Crippen molar-refractivity contribution in [2.45, 2.75) is 12.8 Å². The first-order chi connectivity index (χ1) is 15.1. The Morgan fingerprint density at radius 3 is 2.22 bits per heavy atom. The van der Waals surface area contributed by atoms with Crippen molar-refractivity contribution in [3.63, 3.8) is 0 Å². The zero-order valence-electron chi connectivity index (χ0n) is 15.5. The van der Waals surface area contributed by atoms with E-state index < -0.39 is 46.4 Å². The van der Waals surface area contributed by atoms with Crippen LogP contribution in [0.15, 0.2) is 49.1 Å². The molecule has 32 heavy (non-hydrogen) atoms. The minimum Gasteiger partial charge on any atom is -0.456 e. The van der Waals surface area contributed by atoms with E-state index in [-0.39, 0.29) is 17.2 Å². The maximum absolute atomic E-state index is 14.8. The normalized spacial score (nSPS) is 11.4. The topological polar surface area (TPSA) is 73.3 Å². The predicted molar refractivity (Wildman–Crippen MR) is 99.5 cm³/mol. The van der Waals surface area contributed by atoms with Gasteiger partial charge in [-0.3, -0.25) is 4.79 Å². The third kappa shape index (κ3) is 5.38. The lowest BCUT2D eigenvalue weighted by Crippen LogP contribution is -2.18. The third-order valence-corrected chi connectivity index (χ3v) is 4.17. The molecule has 3 rings (SSSR count). The molecule has 168 valence electrons. The average Bonchev–Trinajstić information content (AvgIpc) is 2.71. The Hall–Kier alpha value is -3.54. The molecule has 1 aromatic heterocycles. The summed E-state index contributed by atoms with van der Waals surface area (Å²) in [6.07, 6.45) is -1.58. The number of rotatable bonds is 6. The van der Waals surface area contributed by atoms with Crippen LogP contribution in [-0.2, 0) is 6.18 Å². The second kappa shape index (κ2) is 9.30. The van der Waals surface area contributed by atoms with Crippen molar-refractivity contribution in [1.82, 2.24) is 9.97 Å². The minimum atomic E-state index is -5.06. The summed E-state index contributed by atoms with van der Waals surface area (Å²) in [5.41, 5.74) is -2.49. The monoisotopic (exact) mass is 477 g/mol. The van der Waals surface area contributed by atoms with E-state index in [0.29, 0.717) is 6.07 Å². The van der Waals surface area contributed by atoms with E-state index in [0.717, 1.165) is 43.0 Å². The van der Waals surface area contributed by atoms with Gasteiger partial charge in [0, 0.05) is 0 Å². The Morgan fingerprint density at radius 1 is 1.06 bits per heavy atom. The van der Waals surface area contributed by atoms with Crippen molar-refractivity contribution >= 4 is 23.2 Å². The number of alkyl halides is 5. The molecule has 0 saturated carbocycles. The van der Waals surface area contributed by atoms with Crippen molar-refractivity contribution in [1.29, 1.82) is 0 Å². The number of ether oxygens (including phenoxy) is 2. The highest BCUT2D eigenvalue weighted by Crippen LogP contribution is 2.42. The fourth-order valence-electron chi connectivity index (χ4n) is 2.47. The molecular weight excluding hydrogens is 468 g/mol. The molecule has 0 aliphatic heterocycles. The van der Waals surface area contributed by atoms with Crippen LogP contribution in [0.5, 0.6) is 17.2 Å². The number of anilines is 1. The molecular formula is C19H10ClF6N3O3. The Kier molecular flexibility index (Phi) is 6.72. The third-order valence-electron chi connectivity index (χ3n) is 3.80. The fourth-order valence-corrected chi connectivity index (χ4v) is 2.73. The number of aromatic nitrogens is 2. The molecule has 0 unspecified atom stereocenters. The average molecular weight is 478 g/mol. The number of nitrogens with zero attached hydrogens (tertiary/aromatic N) is 2. The molecule has 0 aliphatic rings. The van der Waals surface area contributed by atoms with E-state index in [1.54, 1.807) is 0 Å². The lowest BCUT2D eigenvalue weighted by atomic mass is 10.1. The Morgan fingerprint density at radius 2 is 1.66 bits per heavy atom. The van der Waals surface area contributed by atoms with Gasteiger partial charge in [-0.2, -0.15) is 22.0 Å². The van der Waals surface area contributed by atoms with E-state index in [4.69, 9.17) is 16.3 Å². The molecule has 3 aromatic rings. The highest BCUT2D eigenvalue weighted by molar-refractivity contribution is 6.32. The van der Waals surface area contributed by atoms with Crippen LogP contribution < -0.4 is 14.8 Å². The van der Waals surface area contributed by atoms with Gasteiger partial charge >= 0.3 is 12.8 Å². The summed E-state index contributed by atoms with van der Waals surface area (Å²) >= 11 is 5.53. The lowest BCUT2D eigenvalue weighted by molar-refractivity contribution is -0.137.